The van der Waals surface area contributed by atoms with Crippen molar-refractivity contribution in [2.24, 2.45) is 0 Å². The van der Waals surface area contributed by atoms with E-state index in [1.165, 1.54) is 0 Å². The van der Waals surface area contributed by atoms with Gasteiger partial charge in [0.25, 0.3) is 5.91 Å². The van der Waals surface area contributed by atoms with Gasteiger partial charge in [0, 0.05) is 30.7 Å². The number of H-pyrrole nitrogens is 1. The summed E-state index contributed by atoms with van der Waals surface area (Å²) in [7, 11) is 0. The third kappa shape index (κ3) is 2.34. The molecule has 1 aliphatic rings. The number of amides is 1. The van der Waals surface area contributed by atoms with Gasteiger partial charge >= 0.3 is 0 Å². The first-order valence-corrected chi connectivity index (χ1v) is 7.77. The number of fused-ring (bicyclic) bond motifs is 1. The maximum Gasteiger partial charge on any atom is 0.275 e. The number of rotatable bonds is 2. The maximum atomic E-state index is 13.0. The van der Waals surface area contributed by atoms with Gasteiger partial charge in [-0.1, -0.05) is 30.3 Å². The fourth-order valence-corrected chi connectivity index (χ4v) is 3.26. The van der Waals surface area contributed by atoms with Gasteiger partial charge < -0.3 is 9.47 Å². The van der Waals surface area contributed by atoms with Gasteiger partial charge in [-0.15, -0.1) is 0 Å². The maximum absolute atomic E-state index is 13.0. The summed E-state index contributed by atoms with van der Waals surface area (Å²) in [5, 5.41) is 6.99. The molecule has 1 amide bonds. The number of hydrogen-bond acceptors (Lipinski definition) is 2. The topological polar surface area (TPSA) is 53.9 Å². The highest BCUT2D eigenvalue weighted by Gasteiger charge is 2.33. The van der Waals surface area contributed by atoms with E-state index in [0.29, 0.717) is 12.2 Å². The van der Waals surface area contributed by atoms with E-state index in [-0.39, 0.29) is 11.9 Å². The summed E-state index contributed by atoms with van der Waals surface area (Å²) in [6.07, 6.45) is 2.08. The highest BCUT2D eigenvalue weighted by Crippen LogP contribution is 2.33. The molecule has 3 aromatic rings. The molecule has 0 radical (unpaired) electrons. The average Bonchev–Trinajstić information content (AvgIpc) is 3.22. The molecular formula is C18H18N4O. The lowest BCUT2D eigenvalue weighted by Crippen LogP contribution is -2.42. The smallest absolute Gasteiger partial charge is 0.275 e. The van der Waals surface area contributed by atoms with Crippen molar-refractivity contribution >= 4 is 5.91 Å². The molecule has 5 nitrogen and oxygen atoms in total. The highest BCUT2D eigenvalue weighted by atomic mass is 16.2. The Labute approximate surface area is 134 Å². The molecular weight excluding hydrogens is 288 g/mol. The van der Waals surface area contributed by atoms with Crippen LogP contribution in [0.2, 0.25) is 0 Å². The van der Waals surface area contributed by atoms with E-state index in [1.54, 1.807) is 6.07 Å². The first-order valence-electron chi connectivity index (χ1n) is 7.77. The zero-order chi connectivity index (χ0) is 15.8. The van der Waals surface area contributed by atoms with Crippen molar-refractivity contribution in [3.63, 3.8) is 0 Å². The Bertz CT molecular complexity index is 834. The second-order valence-electron chi connectivity index (χ2n) is 5.87. The minimum absolute atomic E-state index is 0.0318. The normalized spacial score (nSPS) is 17.1. The third-order valence-electron chi connectivity index (χ3n) is 4.34. The summed E-state index contributed by atoms with van der Waals surface area (Å²) in [4.78, 5) is 14.9. The lowest BCUT2D eigenvalue weighted by atomic mass is 9.99. The minimum atomic E-state index is -0.0792. The van der Waals surface area contributed by atoms with Crippen molar-refractivity contribution in [1.82, 2.24) is 19.7 Å². The van der Waals surface area contributed by atoms with Gasteiger partial charge in [0.1, 0.15) is 5.69 Å². The number of nitrogens with zero attached hydrogens (tertiary/aromatic N) is 3. The Balaban J connectivity index is 1.78. The van der Waals surface area contributed by atoms with Crippen LogP contribution in [-0.4, -0.2) is 32.1 Å². The Morgan fingerprint density at radius 2 is 2.00 bits per heavy atom. The van der Waals surface area contributed by atoms with Crippen LogP contribution in [0.15, 0.2) is 54.7 Å². The molecule has 4 rings (SSSR count). The van der Waals surface area contributed by atoms with E-state index in [1.807, 2.05) is 36.1 Å². The van der Waals surface area contributed by atoms with E-state index < -0.39 is 0 Å². The number of nitrogens with one attached hydrogen (secondary N) is 1. The molecule has 0 fully saturated rings. The zero-order valence-corrected chi connectivity index (χ0v) is 12.9. The summed E-state index contributed by atoms with van der Waals surface area (Å²) >= 11 is 0. The molecule has 1 aromatic carbocycles. The number of aromatic amines is 1. The van der Waals surface area contributed by atoms with E-state index in [0.717, 1.165) is 23.5 Å². The van der Waals surface area contributed by atoms with Crippen LogP contribution in [0.5, 0.6) is 0 Å². The predicted octanol–water partition coefficient (Wildman–Crippen LogP) is 2.77. The van der Waals surface area contributed by atoms with Crippen molar-refractivity contribution in [2.45, 2.75) is 19.5 Å². The van der Waals surface area contributed by atoms with E-state index in [2.05, 4.69) is 39.2 Å². The molecule has 2 aromatic heterocycles. The summed E-state index contributed by atoms with van der Waals surface area (Å²) in [5.74, 6) is -0.0318. The monoisotopic (exact) mass is 306 g/mol. The molecule has 1 aliphatic heterocycles. The summed E-state index contributed by atoms with van der Waals surface area (Å²) in [6, 6.07) is 16.0. The van der Waals surface area contributed by atoms with Crippen LogP contribution in [-0.2, 0) is 6.54 Å². The van der Waals surface area contributed by atoms with Crippen LogP contribution < -0.4 is 0 Å². The average molecular weight is 306 g/mol. The molecule has 116 valence electrons. The number of aromatic nitrogens is 3. The minimum Gasteiger partial charge on any atom is -0.348 e. The van der Waals surface area contributed by atoms with Crippen LogP contribution in [0.3, 0.4) is 0 Å². The molecule has 0 aliphatic carbocycles. The van der Waals surface area contributed by atoms with Gasteiger partial charge in [0.15, 0.2) is 0 Å². The molecule has 0 saturated heterocycles. The van der Waals surface area contributed by atoms with E-state index in [4.69, 9.17) is 0 Å². The largest absolute Gasteiger partial charge is 0.348 e. The van der Waals surface area contributed by atoms with Crippen LogP contribution in [0, 0.1) is 6.92 Å². The second kappa shape index (κ2) is 5.43. The van der Waals surface area contributed by atoms with Crippen molar-refractivity contribution in [2.75, 3.05) is 6.54 Å². The van der Waals surface area contributed by atoms with Gasteiger partial charge in [-0.3, -0.25) is 9.89 Å². The third-order valence-corrected chi connectivity index (χ3v) is 4.34. The fraction of sp³-hybridized carbons (Fsp3) is 0.222. The molecule has 1 atom stereocenters. The zero-order valence-electron chi connectivity index (χ0n) is 12.9. The molecule has 1 N–H and O–H groups in total. The molecule has 0 saturated carbocycles. The van der Waals surface area contributed by atoms with Crippen LogP contribution in [0.25, 0.3) is 0 Å². The van der Waals surface area contributed by atoms with Crippen molar-refractivity contribution in [3.05, 3.63) is 77.4 Å². The SMILES string of the molecule is Cc1cc(C(=O)N2CCn3cccc3C2c2ccccc2)n[nH]1. The Hall–Kier alpha value is -2.82. The summed E-state index contributed by atoms with van der Waals surface area (Å²) in [6.45, 7) is 3.38. The number of hydrogen-bond donors (Lipinski definition) is 1. The quantitative estimate of drug-likeness (QED) is 0.791. The number of carbonyl (C=O) groups excluding carboxylic acids is 1. The first-order chi connectivity index (χ1) is 11.2. The Morgan fingerprint density at radius 3 is 2.74 bits per heavy atom. The van der Waals surface area contributed by atoms with E-state index >= 15 is 0 Å². The number of benzene rings is 1. The lowest BCUT2D eigenvalue weighted by Gasteiger charge is -2.37. The molecule has 0 spiro atoms. The van der Waals surface area contributed by atoms with Crippen molar-refractivity contribution < 1.29 is 4.79 Å². The molecule has 3 heterocycles. The number of carbonyl (C=O) groups is 1. The Kier molecular flexibility index (Phi) is 3.26. The second-order valence-corrected chi connectivity index (χ2v) is 5.87. The van der Waals surface area contributed by atoms with Gasteiger partial charge in [-0.05, 0) is 30.7 Å². The van der Waals surface area contributed by atoms with Crippen LogP contribution in [0.4, 0.5) is 0 Å². The van der Waals surface area contributed by atoms with Gasteiger partial charge in [-0.2, -0.15) is 5.10 Å². The van der Waals surface area contributed by atoms with Gasteiger partial charge in [0.05, 0.1) is 6.04 Å². The standard InChI is InChI=1S/C18H18N4O/c1-13-12-15(20-19-13)18(23)22-11-10-21-9-5-8-16(21)17(22)14-6-3-2-4-7-14/h2-9,12,17H,10-11H2,1H3,(H,19,20). The summed E-state index contributed by atoms with van der Waals surface area (Å²) < 4.78 is 2.22. The Morgan fingerprint density at radius 1 is 1.17 bits per heavy atom. The van der Waals surface area contributed by atoms with E-state index in [9.17, 15) is 4.79 Å². The van der Waals surface area contributed by atoms with Gasteiger partial charge in [-0.25, -0.2) is 0 Å². The molecule has 5 heteroatoms. The van der Waals surface area contributed by atoms with Crippen molar-refractivity contribution in [1.29, 1.82) is 0 Å². The molecule has 0 bridgehead atoms. The first kappa shape index (κ1) is 13.8. The van der Waals surface area contributed by atoms with Crippen molar-refractivity contribution in [3.8, 4) is 0 Å². The fourth-order valence-electron chi connectivity index (χ4n) is 3.26. The number of aryl methyl sites for hydroxylation is 1. The predicted molar refractivity (Wildman–Crippen MR) is 87.1 cm³/mol. The van der Waals surface area contributed by atoms with Crippen LogP contribution in [0.1, 0.15) is 33.5 Å². The molecule has 1 unspecified atom stereocenters. The highest BCUT2D eigenvalue weighted by molar-refractivity contribution is 5.93. The summed E-state index contributed by atoms with van der Waals surface area (Å²) in [5.41, 5.74) is 3.63. The van der Waals surface area contributed by atoms with Crippen LogP contribution >= 0.6 is 0 Å². The van der Waals surface area contributed by atoms with Gasteiger partial charge in [0.2, 0.25) is 0 Å². The lowest BCUT2D eigenvalue weighted by molar-refractivity contribution is 0.0658. The molecule has 23 heavy (non-hydrogen) atoms.